The van der Waals surface area contributed by atoms with Crippen molar-refractivity contribution in [1.82, 2.24) is 4.98 Å². The molecule has 0 fully saturated rings. The van der Waals surface area contributed by atoms with Crippen LogP contribution >= 0.6 is 23.2 Å². The van der Waals surface area contributed by atoms with Crippen LogP contribution in [0.1, 0.15) is 0 Å². The molecule has 0 saturated heterocycles. The summed E-state index contributed by atoms with van der Waals surface area (Å²) in [7, 11) is 0. The van der Waals surface area contributed by atoms with Gasteiger partial charge in [-0.3, -0.25) is 17.6 Å². The largest absolute Gasteiger partial charge is 3.00 e. The number of hydrogen-bond acceptors (Lipinski definition) is 2. The van der Waals surface area contributed by atoms with Gasteiger partial charge in [-0.15, -0.1) is 78.3 Å². The molecule has 2 nitrogen and oxygen atoms in total. The monoisotopic (exact) mass is 853 g/mol. The van der Waals surface area contributed by atoms with Crippen molar-refractivity contribution in [3.63, 3.8) is 0 Å². The van der Waals surface area contributed by atoms with Gasteiger partial charge in [0.1, 0.15) is 0 Å². The minimum Gasteiger partial charge on any atom is -0.454 e. The van der Waals surface area contributed by atoms with Crippen LogP contribution in [0.4, 0.5) is 57.1 Å². The van der Waals surface area contributed by atoms with Crippen LogP contribution in [-0.2, 0) is 22.4 Å². The summed E-state index contributed by atoms with van der Waals surface area (Å²) in [5.41, 5.74) is 1.26. The first kappa shape index (κ1) is 40.0. The number of hydrogen-bond donors (Lipinski definition) is 0. The minimum absolute atomic E-state index is 0. The third kappa shape index (κ3) is 13.0. The second-order valence-corrected chi connectivity index (χ2v) is 7.50. The van der Waals surface area contributed by atoms with Crippen molar-refractivity contribution in [2.45, 2.75) is 6.36 Å². The van der Waals surface area contributed by atoms with Crippen LogP contribution in [0.5, 0.6) is 5.75 Å². The van der Waals surface area contributed by atoms with E-state index < -0.39 is 64.5 Å². The molecule has 0 spiro atoms. The summed E-state index contributed by atoms with van der Waals surface area (Å²) in [6.45, 7) is 0. The fourth-order valence-electron chi connectivity index (χ4n) is 2.28. The molecule has 43 heavy (non-hydrogen) atoms. The summed E-state index contributed by atoms with van der Waals surface area (Å²) in [5, 5.41) is 0.194. The van der Waals surface area contributed by atoms with E-state index in [2.05, 4.69) is 15.8 Å². The van der Waals surface area contributed by atoms with Crippen molar-refractivity contribution in [2.24, 2.45) is 0 Å². The van der Waals surface area contributed by atoms with E-state index >= 15 is 0 Å². The third-order valence-corrected chi connectivity index (χ3v) is 3.94. The molecule has 18 heteroatoms. The number of aromatic nitrogens is 1. The van der Waals surface area contributed by atoms with Gasteiger partial charge >= 0.3 is 28.7 Å². The topological polar surface area (TPSA) is 22.1 Å². The molecule has 0 radical (unpaired) electrons. The van der Waals surface area contributed by atoms with E-state index in [1.807, 2.05) is 0 Å². The van der Waals surface area contributed by atoms with Gasteiger partial charge in [0.2, 0.25) is 0 Å². The Balaban J connectivity index is 0.000000601. The molecular weight excluding hydrogens is 845 g/mol. The maximum Gasteiger partial charge on any atom is 3.00 e. The van der Waals surface area contributed by atoms with Crippen molar-refractivity contribution in [2.75, 3.05) is 5.34 Å². The van der Waals surface area contributed by atoms with Crippen LogP contribution < -0.4 is 4.74 Å². The Kier molecular flexibility index (Phi) is 17.3. The zero-order valence-electron chi connectivity index (χ0n) is 20.1. The van der Waals surface area contributed by atoms with Crippen molar-refractivity contribution in [3.8, 4) is 17.0 Å². The van der Waals surface area contributed by atoms with E-state index in [-0.39, 0.29) is 33.5 Å². The van der Waals surface area contributed by atoms with Gasteiger partial charge in [0.15, 0.2) is 0 Å². The number of rotatable bonds is 2. The molecule has 0 amide bonds. The molecule has 0 saturated carbocycles. The van der Waals surface area contributed by atoms with E-state index in [0.29, 0.717) is 11.3 Å². The standard InChI is InChI=1S/C12H7F3NO.2C6F5.CH2Cl2.Au/c13-12(14,15)17-10-6-4-9(5-7-10)11-3-1-2-8-16-11;2*7-2-1-3(8)5(10)6(11)4(2)9;2-1-3;/h1-4,6-8H;;;1H2;/q3*-1;;+3. The van der Waals surface area contributed by atoms with Crippen molar-refractivity contribution in [3.05, 3.63) is 119 Å². The Hall–Kier alpha value is -2.98. The SMILES string of the molecule is ClCCl.FC(F)(F)Oc1c[c-]c(-c2ccccn2)cc1.Fc1[c-]c(F)c(F)c(F)c1F.Fc1[c-]c(F)c(F)c(F)c1F.[Au+3]. The van der Waals surface area contributed by atoms with Gasteiger partial charge in [-0.25, -0.2) is 26.3 Å². The summed E-state index contributed by atoms with van der Waals surface area (Å²) in [6.07, 6.45) is -3.08. The molecule has 0 aliphatic heterocycles. The van der Waals surface area contributed by atoms with Gasteiger partial charge in [0, 0.05) is 11.9 Å². The number of benzene rings is 3. The average molecular weight is 854 g/mol. The second kappa shape index (κ2) is 18.6. The van der Waals surface area contributed by atoms with Crippen LogP contribution in [0.25, 0.3) is 11.3 Å². The van der Waals surface area contributed by atoms with Crippen molar-refractivity contribution in [1.29, 1.82) is 0 Å². The average Bonchev–Trinajstić information content (AvgIpc) is 2.94. The molecule has 236 valence electrons. The summed E-state index contributed by atoms with van der Waals surface area (Å²) in [4.78, 5) is 4.06. The van der Waals surface area contributed by atoms with Crippen molar-refractivity contribution >= 4 is 23.2 Å². The number of alkyl halides is 5. The maximum atomic E-state index is 12.0. The zero-order chi connectivity index (χ0) is 32.2. The van der Waals surface area contributed by atoms with Crippen molar-refractivity contribution < 1.29 is 84.2 Å². The second-order valence-electron chi connectivity index (χ2n) is 6.69. The summed E-state index contributed by atoms with van der Waals surface area (Å²) in [5.74, 6) is -20.4. The Labute approximate surface area is 259 Å². The van der Waals surface area contributed by atoms with Crippen LogP contribution in [0, 0.1) is 76.4 Å². The first-order chi connectivity index (χ1) is 19.5. The maximum absolute atomic E-state index is 12.0. The van der Waals surface area contributed by atoms with Crippen LogP contribution in [-0.4, -0.2) is 16.7 Å². The van der Waals surface area contributed by atoms with Gasteiger partial charge in [-0.1, -0.05) is 12.1 Å². The molecule has 0 N–H and O–H groups in total. The van der Waals surface area contributed by atoms with Gasteiger partial charge in [0.25, 0.3) is 0 Å². The van der Waals surface area contributed by atoms with Crippen LogP contribution in [0.3, 0.4) is 0 Å². The van der Waals surface area contributed by atoms with E-state index in [0.717, 1.165) is 18.2 Å². The molecule has 4 aromatic rings. The Morgan fingerprint density at radius 3 is 1.37 bits per heavy atom. The Bertz CT molecular complexity index is 1330. The minimum atomic E-state index is -4.68. The number of halogens is 15. The quantitative estimate of drug-likeness (QED) is 0.0502. The van der Waals surface area contributed by atoms with Gasteiger partial charge < -0.3 is 9.72 Å². The molecular formula is C25H9AuCl2F13NO. The number of pyridine rings is 1. The zero-order valence-corrected chi connectivity index (χ0v) is 23.8. The first-order valence-corrected chi connectivity index (χ1v) is 11.2. The number of nitrogens with zero attached hydrogens (tertiary/aromatic N) is 1. The first-order valence-electron chi connectivity index (χ1n) is 10.2. The molecule has 1 aromatic heterocycles. The normalized spacial score (nSPS) is 10.1. The summed E-state index contributed by atoms with van der Waals surface area (Å²) < 4.78 is 159. The third-order valence-electron chi connectivity index (χ3n) is 3.94. The summed E-state index contributed by atoms with van der Waals surface area (Å²) >= 11 is 9.53. The Morgan fingerprint density at radius 2 is 1.07 bits per heavy atom. The molecule has 0 aliphatic rings. The molecule has 0 atom stereocenters. The van der Waals surface area contributed by atoms with E-state index in [4.69, 9.17) is 23.2 Å². The fourth-order valence-corrected chi connectivity index (χ4v) is 2.28. The molecule has 4 rings (SSSR count). The molecule has 0 bridgehead atoms. The predicted molar refractivity (Wildman–Crippen MR) is 122 cm³/mol. The molecule has 3 aromatic carbocycles. The Morgan fingerprint density at radius 1 is 0.651 bits per heavy atom. The molecule has 0 aliphatic carbocycles. The van der Waals surface area contributed by atoms with Gasteiger partial charge in [-0.05, 0) is 11.8 Å². The smallest absolute Gasteiger partial charge is 0.454 e. The van der Waals surface area contributed by atoms with Gasteiger partial charge in [0.05, 0.1) is 63.5 Å². The summed E-state index contributed by atoms with van der Waals surface area (Å²) in [6, 6.07) is 13.9. The molecule has 0 unspecified atom stereocenters. The number of ether oxygens (including phenoxy) is 1. The van der Waals surface area contributed by atoms with E-state index in [1.54, 1.807) is 24.4 Å². The fraction of sp³-hybridized carbons (Fsp3) is 0.0800. The molecule has 1 heterocycles. The predicted octanol–water partition coefficient (Wildman–Crippen LogP) is 9.23. The van der Waals surface area contributed by atoms with Crippen LogP contribution in [0.15, 0.2) is 42.6 Å². The van der Waals surface area contributed by atoms with Crippen LogP contribution in [0.2, 0.25) is 0 Å². The van der Waals surface area contributed by atoms with Gasteiger partial charge in [-0.2, -0.15) is 0 Å². The van der Waals surface area contributed by atoms with E-state index in [1.165, 1.54) is 12.1 Å². The van der Waals surface area contributed by atoms with E-state index in [9.17, 15) is 57.1 Å².